The summed E-state index contributed by atoms with van der Waals surface area (Å²) < 4.78 is 37.6. The van der Waals surface area contributed by atoms with Crippen molar-refractivity contribution in [2.75, 3.05) is 0 Å². The Morgan fingerprint density at radius 2 is 1.76 bits per heavy atom. The first-order chi connectivity index (χ1) is 8.05. The third kappa shape index (κ3) is 3.66. The Morgan fingerprint density at radius 3 is 2.41 bits per heavy atom. The molecule has 17 heavy (non-hydrogen) atoms. The lowest BCUT2D eigenvalue weighted by atomic mass is 10.0. The minimum Gasteiger partial charge on any atom is -0.166 e. The molecule has 0 bridgehead atoms. The fourth-order valence-corrected chi connectivity index (χ4v) is 3.43. The van der Waals surface area contributed by atoms with Gasteiger partial charge < -0.3 is 0 Å². The van der Waals surface area contributed by atoms with Gasteiger partial charge in [0.1, 0.15) is 0 Å². The lowest BCUT2D eigenvalue weighted by Gasteiger charge is -2.21. The average Bonchev–Trinajstić information content (AvgIpc) is 2.29. The van der Waals surface area contributed by atoms with Crippen LogP contribution in [0.4, 0.5) is 13.2 Å². The highest BCUT2D eigenvalue weighted by Crippen LogP contribution is 2.36. The molecule has 0 unspecified atom stereocenters. The Hall–Kier alpha value is -0.640. The molecular formula is C13H15F3S. The molecule has 0 heterocycles. The van der Waals surface area contributed by atoms with E-state index in [-0.39, 0.29) is 0 Å². The zero-order valence-corrected chi connectivity index (χ0v) is 10.3. The quantitative estimate of drug-likeness (QED) is 0.710. The fourth-order valence-electron chi connectivity index (χ4n) is 2.12. The van der Waals surface area contributed by atoms with Crippen LogP contribution in [0, 0.1) is 0 Å². The highest BCUT2D eigenvalue weighted by Gasteiger charge is 2.30. The van der Waals surface area contributed by atoms with Gasteiger partial charge in [0.15, 0.2) is 0 Å². The van der Waals surface area contributed by atoms with Crippen LogP contribution in [0.1, 0.15) is 37.7 Å². The van der Waals surface area contributed by atoms with Crippen LogP contribution >= 0.6 is 11.8 Å². The SMILES string of the molecule is FC(F)(F)c1cccc(SC2CCCCC2)c1. The van der Waals surface area contributed by atoms with Gasteiger partial charge in [0, 0.05) is 10.1 Å². The molecule has 1 aliphatic rings. The molecule has 1 aliphatic carbocycles. The molecule has 2 rings (SSSR count). The summed E-state index contributed by atoms with van der Waals surface area (Å²) in [6, 6.07) is 5.66. The maximum atomic E-state index is 12.5. The predicted octanol–water partition coefficient (Wildman–Crippen LogP) is 5.13. The van der Waals surface area contributed by atoms with Crippen molar-refractivity contribution in [2.24, 2.45) is 0 Å². The Bertz CT molecular complexity index is 367. The van der Waals surface area contributed by atoms with Gasteiger partial charge in [0.25, 0.3) is 0 Å². The van der Waals surface area contributed by atoms with E-state index in [0.717, 1.165) is 23.8 Å². The molecular weight excluding hydrogens is 245 g/mol. The zero-order chi connectivity index (χ0) is 12.3. The van der Waals surface area contributed by atoms with Crippen LogP contribution in [-0.2, 0) is 6.18 Å². The third-order valence-corrected chi connectivity index (χ3v) is 4.35. The first-order valence-electron chi connectivity index (χ1n) is 5.89. The van der Waals surface area contributed by atoms with Gasteiger partial charge in [-0.15, -0.1) is 11.8 Å². The summed E-state index contributed by atoms with van der Waals surface area (Å²) in [7, 11) is 0. The van der Waals surface area contributed by atoms with E-state index in [1.54, 1.807) is 17.8 Å². The van der Waals surface area contributed by atoms with Gasteiger partial charge in [0.2, 0.25) is 0 Å². The largest absolute Gasteiger partial charge is 0.416 e. The Kier molecular flexibility index (Phi) is 4.02. The van der Waals surface area contributed by atoms with E-state index in [9.17, 15) is 13.2 Å². The molecule has 4 heteroatoms. The van der Waals surface area contributed by atoms with Crippen molar-refractivity contribution in [1.29, 1.82) is 0 Å². The molecule has 1 fully saturated rings. The Balaban J connectivity index is 2.05. The average molecular weight is 260 g/mol. The topological polar surface area (TPSA) is 0 Å². The normalized spacial score (nSPS) is 18.3. The molecule has 0 N–H and O–H groups in total. The lowest BCUT2D eigenvalue weighted by Crippen LogP contribution is -2.08. The minimum atomic E-state index is -4.23. The summed E-state index contributed by atoms with van der Waals surface area (Å²) in [6.07, 6.45) is 1.69. The van der Waals surface area contributed by atoms with Crippen molar-refractivity contribution < 1.29 is 13.2 Å². The maximum Gasteiger partial charge on any atom is 0.416 e. The van der Waals surface area contributed by atoms with E-state index in [1.807, 2.05) is 0 Å². The summed E-state index contributed by atoms with van der Waals surface area (Å²) in [5.74, 6) is 0. The number of alkyl halides is 3. The van der Waals surface area contributed by atoms with E-state index in [4.69, 9.17) is 0 Å². The van der Waals surface area contributed by atoms with Crippen LogP contribution < -0.4 is 0 Å². The molecule has 0 amide bonds. The van der Waals surface area contributed by atoms with E-state index >= 15 is 0 Å². The van der Waals surface area contributed by atoms with Crippen molar-refractivity contribution in [3.05, 3.63) is 29.8 Å². The third-order valence-electron chi connectivity index (χ3n) is 3.02. The Morgan fingerprint density at radius 1 is 1.06 bits per heavy atom. The summed E-state index contributed by atoms with van der Waals surface area (Å²) in [5.41, 5.74) is -0.543. The second-order valence-electron chi connectivity index (χ2n) is 4.40. The van der Waals surface area contributed by atoms with E-state index < -0.39 is 11.7 Å². The van der Waals surface area contributed by atoms with Crippen LogP contribution in [-0.4, -0.2) is 5.25 Å². The van der Waals surface area contributed by atoms with Crippen molar-refractivity contribution in [2.45, 2.75) is 48.4 Å². The van der Waals surface area contributed by atoms with E-state index in [2.05, 4.69) is 0 Å². The second-order valence-corrected chi connectivity index (χ2v) is 5.78. The van der Waals surface area contributed by atoms with Crippen LogP contribution in [0.2, 0.25) is 0 Å². The van der Waals surface area contributed by atoms with Gasteiger partial charge in [-0.2, -0.15) is 13.2 Å². The molecule has 0 aromatic heterocycles. The minimum absolute atomic E-state index is 0.493. The summed E-state index contributed by atoms with van der Waals surface area (Å²) in [6.45, 7) is 0. The molecule has 1 aromatic rings. The van der Waals surface area contributed by atoms with Gasteiger partial charge in [-0.05, 0) is 31.0 Å². The van der Waals surface area contributed by atoms with Crippen LogP contribution in [0.5, 0.6) is 0 Å². The highest BCUT2D eigenvalue weighted by atomic mass is 32.2. The molecule has 1 aromatic carbocycles. The molecule has 1 saturated carbocycles. The van der Waals surface area contributed by atoms with Gasteiger partial charge in [-0.3, -0.25) is 0 Å². The standard InChI is InChI=1S/C13H15F3S/c14-13(15,16)10-5-4-8-12(9-10)17-11-6-2-1-3-7-11/h4-5,8-9,11H,1-3,6-7H2. The molecule has 0 nitrogen and oxygen atoms in total. The summed E-state index contributed by atoms with van der Waals surface area (Å²) >= 11 is 1.59. The van der Waals surface area contributed by atoms with Crippen molar-refractivity contribution in [3.63, 3.8) is 0 Å². The molecule has 94 valence electrons. The monoisotopic (exact) mass is 260 g/mol. The zero-order valence-electron chi connectivity index (χ0n) is 9.46. The first kappa shape index (κ1) is 12.8. The van der Waals surface area contributed by atoms with E-state index in [1.165, 1.54) is 31.4 Å². The number of thioether (sulfide) groups is 1. The molecule has 0 aliphatic heterocycles. The van der Waals surface area contributed by atoms with Crippen molar-refractivity contribution in [1.82, 2.24) is 0 Å². The fraction of sp³-hybridized carbons (Fsp3) is 0.538. The molecule has 0 saturated heterocycles. The molecule has 0 radical (unpaired) electrons. The highest BCUT2D eigenvalue weighted by molar-refractivity contribution is 8.00. The van der Waals surface area contributed by atoms with Gasteiger partial charge in [-0.1, -0.05) is 25.3 Å². The lowest BCUT2D eigenvalue weighted by molar-refractivity contribution is -0.137. The number of hydrogen-bond donors (Lipinski definition) is 0. The van der Waals surface area contributed by atoms with Crippen molar-refractivity contribution in [3.8, 4) is 0 Å². The second kappa shape index (κ2) is 5.34. The molecule has 0 atom stereocenters. The summed E-state index contributed by atoms with van der Waals surface area (Å²) in [4.78, 5) is 0.742. The van der Waals surface area contributed by atoms with Gasteiger partial charge in [-0.25, -0.2) is 0 Å². The molecule has 0 spiro atoms. The van der Waals surface area contributed by atoms with E-state index in [0.29, 0.717) is 5.25 Å². The number of hydrogen-bond acceptors (Lipinski definition) is 1. The van der Waals surface area contributed by atoms with Crippen molar-refractivity contribution >= 4 is 11.8 Å². The van der Waals surface area contributed by atoms with Gasteiger partial charge in [0.05, 0.1) is 5.56 Å². The maximum absolute atomic E-state index is 12.5. The smallest absolute Gasteiger partial charge is 0.166 e. The number of benzene rings is 1. The Labute approximate surface area is 104 Å². The predicted molar refractivity (Wildman–Crippen MR) is 64.2 cm³/mol. The van der Waals surface area contributed by atoms with Crippen LogP contribution in [0.25, 0.3) is 0 Å². The number of rotatable bonds is 2. The van der Waals surface area contributed by atoms with Crippen LogP contribution in [0.15, 0.2) is 29.2 Å². The van der Waals surface area contributed by atoms with Gasteiger partial charge >= 0.3 is 6.18 Å². The van der Waals surface area contributed by atoms with Crippen LogP contribution in [0.3, 0.4) is 0 Å². The number of halogens is 3. The first-order valence-corrected chi connectivity index (χ1v) is 6.77. The summed E-state index contributed by atoms with van der Waals surface area (Å²) in [5, 5.41) is 0.493.